The van der Waals surface area contributed by atoms with Crippen LogP contribution in [0.1, 0.15) is 39.2 Å². The lowest BCUT2D eigenvalue weighted by molar-refractivity contribution is 0.173. The normalized spacial score (nSPS) is 17.4. The number of ether oxygens (including phenoxy) is 3. The molecule has 1 aliphatic heterocycles. The van der Waals surface area contributed by atoms with Gasteiger partial charge in [-0.3, -0.25) is 0 Å². The standard InChI is InChI=1S/C16H23NO3/c1-16(2,3)17-8-12-6-14-15(20-10-19-14)7-13(12)18-9-11-4-5-11/h6-7,11,17H,4-5,8-10H2,1-3H3. The molecule has 20 heavy (non-hydrogen) atoms. The Kier molecular flexibility index (Phi) is 3.50. The lowest BCUT2D eigenvalue weighted by atomic mass is 10.1. The summed E-state index contributed by atoms with van der Waals surface area (Å²) in [5.41, 5.74) is 1.20. The molecule has 1 fully saturated rings. The number of benzene rings is 1. The number of fused-ring (bicyclic) bond motifs is 1. The van der Waals surface area contributed by atoms with Crippen LogP contribution in [-0.4, -0.2) is 18.9 Å². The van der Waals surface area contributed by atoms with Gasteiger partial charge in [0.05, 0.1) is 6.61 Å². The second-order valence-corrected chi connectivity index (χ2v) is 6.67. The van der Waals surface area contributed by atoms with E-state index in [1.165, 1.54) is 12.8 Å². The van der Waals surface area contributed by atoms with Gasteiger partial charge in [-0.25, -0.2) is 0 Å². The van der Waals surface area contributed by atoms with E-state index < -0.39 is 0 Å². The van der Waals surface area contributed by atoms with E-state index in [0.29, 0.717) is 6.79 Å². The molecule has 0 spiro atoms. The summed E-state index contributed by atoms with van der Waals surface area (Å²) in [5, 5.41) is 3.50. The van der Waals surface area contributed by atoms with Crippen molar-refractivity contribution >= 4 is 0 Å². The van der Waals surface area contributed by atoms with Crippen molar-refractivity contribution in [3.63, 3.8) is 0 Å². The van der Waals surface area contributed by atoms with Gasteiger partial charge in [0, 0.05) is 23.7 Å². The Labute approximate surface area is 120 Å². The minimum atomic E-state index is 0.0735. The van der Waals surface area contributed by atoms with E-state index in [1.54, 1.807) is 0 Å². The number of hydrogen-bond donors (Lipinski definition) is 1. The zero-order valence-corrected chi connectivity index (χ0v) is 12.5. The summed E-state index contributed by atoms with van der Waals surface area (Å²) in [6.07, 6.45) is 2.58. The van der Waals surface area contributed by atoms with Crippen LogP contribution in [0.25, 0.3) is 0 Å². The van der Waals surface area contributed by atoms with Crippen LogP contribution in [0.5, 0.6) is 17.2 Å². The van der Waals surface area contributed by atoms with Gasteiger partial charge < -0.3 is 19.5 Å². The third-order valence-corrected chi connectivity index (χ3v) is 3.54. The van der Waals surface area contributed by atoms with Gasteiger partial charge in [-0.2, -0.15) is 0 Å². The summed E-state index contributed by atoms with van der Waals surface area (Å²) in [5.74, 6) is 3.26. The molecule has 0 unspecified atom stereocenters. The maximum Gasteiger partial charge on any atom is 0.231 e. The Morgan fingerprint density at radius 1 is 1.20 bits per heavy atom. The quantitative estimate of drug-likeness (QED) is 0.897. The molecule has 110 valence electrons. The Morgan fingerprint density at radius 2 is 1.90 bits per heavy atom. The van der Waals surface area contributed by atoms with Crippen LogP contribution in [0, 0.1) is 5.92 Å². The maximum absolute atomic E-state index is 5.98. The Hall–Kier alpha value is -1.42. The van der Waals surface area contributed by atoms with Crippen molar-refractivity contribution in [2.45, 2.75) is 45.7 Å². The molecule has 1 saturated carbocycles. The van der Waals surface area contributed by atoms with Gasteiger partial charge in [0.15, 0.2) is 11.5 Å². The Morgan fingerprint density at radius 3 is 2.55 bits per heavy atom. The van der Waals surface area contributed by atoms with Crippen LogP contribution >= 0.6 is 0 Å². The van der Waals surface area contributed by atoms with Crippen molar-refractivity contribution in [3.8, 4) is 17.2 Å². The molecule has 0 bridgehead atoms. The van der Waals surface area contributed by atoms with E-state index in [9.17, 15) is 0 Å². The highest BCUT2D eigenvalue weighted by Gasteiger charge is 2.24. The first-order chi connectivity index (χ1) is 9.51. The van der Waals surface area contributed by atoms with E-state index in [2.05, 4.69) is 26.1 Å². The number of rotatable bonds is 5. The molecule has 1 N–H and O–H groups in total. The molecule has 1 aromatic carbocycles. The van der Waals surface area contributed by atoms with Gasteiger partial charge >= 0.3 is 0 Å². The van der Waals surface area contributed by atoms with Crippen molar-refractivity contribution in [2.75, 3.05) is 13.4 Å². The molecule has 0 radical (unpaired) electrons. The number of nitrogens with one attached hydrogen (secondary N) is 1. The molecule has 1 heterocycles. The molecule has 0 aromatic heterocycles. The topological polar surface area (TPSA) is 39.7 Å². The molecule has 1 aromatic rings. The minimum absolute atomic E-state index is 0.0735. The molecule has 0 atom stereocenters. The van der Waals surface area contributed by atoms with Crippen LogP contribution in [0.4, 0.5) is 0 Å². The summed E-state index contributed by atoms with van der Waals surface area (Å²) in [7, 11) is 0. The largest absolute Gasteiger partial charge is 0.493 e. The lowest BCUT2D eigenvalue weighted by Crippen LogP contribution is -2.35. The highest BCUT2D eigenvalue weighted by molar-refractivity contribution is 5.51. The van der Waals surface area contributed by atoms with Gasteiger partial charge in [0.1, 0.15) is 5.75 Å². The fraction of sp³-hybridized carbons (Fsp3) is 0.625. The Balaban J connectivity index is 1.76. The Bertz CT molecular complexity index is 489. The summed E-state index contributed by atoms with van der Waals surface area (Å²) in [6, 6.07) is 3.99. The van der Waals surface area contributed by atoms with Crippen LogP contribution in [0.15, 0.2) is 12.1 Å². The fourth-order valence-electron chi connectivity index (χ4n) is 2.09. The van der Waals surface area contributed by atoms with Crippen molar-refractivity contribution in [3.05, 3.63) is 17.7 Å². The molecular weight excluding hydrogens is 254 g/mol. The van der Waals surface area contributed by atoms with Gasteiger partial charge in [0.2, 0.25) is 6.79 Å². The van der Waals surface area contributed by atoms with Crippen LogP contribution in [-0.2, 0) is 6.54 Å². The average Bonchev–Trinajstić information content (AvgIpc) is 3.10. The SMILES string of the molecule is CC(C)(C)NCc1cc2c(cc1OCC1CC1)OCO2. The molecule has 4 heteroatoms. The second kappa shape index (κ2) is 5.17. The van der Waals surface area contributed by atoms with E-state index in [-0.39, 0.29) is 5.54 Å². The first-order valence-electron chi connectivity index (χ1n) is 7.31. The summed E-state index contributed by atoms with van der Waals surface area (Å²) >= 11 is 0. The van der Waals surface area contributed by atoms with Gasteiger partial charge in [-0.15, -0.1) is 0 Å². The first kappa shape index (κ1) is 13.6. The van der Waals surface area contributed by atoms with E-state index in [0.717, 1.165) is 41.9 Å². The predicted molar refractivity (Wildman–Crippen MR) is 77.4 cm³/mol. The number of hydrogen-bond acceptors (Lipinski definition) is 4. The minimum Gasteiger partial charge on any atom is -0.493 e. The van der Waals surface area contributed by atoms with Gasteiger partial charge in [-0.05, 0) is 45.6 Å². The second-order valence-electron chi connectivity index (χ2n) is 6.67. The predicted octanol–water partition coefficient (Wildman–Crippen LogP) is 3.09. The summed E-state index contributed by atoms with van der Waals surface area (Å²) in [4.78, 5) is 0. The molecule has 4 nitrogen and oxygen atoms in total. The molecule has 1 aliphatic carbocycles. The molecule has 0 saturated heterocycles. The third-order valence-electron chi connectivity index (χ3n) is 3.54. The third kappa shape index (κ3) is 3.37. The van der Waals surface area contributed by atoms with Gasteiger partial charge in [0.25, 0.3) is 0 Å². The average molecular weight is 277 g/mol. The van der Waals surface area contributed by atoms with Gasteiger partial charge in [-0.1, -0.05) is 0 Å². The fourth-order valence-corrected chi connectivity index (χ4v) is 2.09. The maximum atomic E-state index is 5.98. The highest BCUT2D eigenvalue weighted by Crippen LogP contribution is 2.39. The molecule has 3 rings (SSSR count). The highest BCUT2D eigenvalue weighted by atomic mass is 16.7. The monoisotopic (exact) mass is 277 g/mol. The zero-order valence-electron chi connectivity index (χ0n) is 12.5. The van der Waals surface area contributed by atoms with Crippen molar-refractivity contribution in [2.24, 2.45) is 5.92 Å². The summed E-state index contributed by atoms with van der Waals surface area (Å²) < 4.78 is 16.9. The zero-order chi connectivity index (χ0) is 14.2. The van der Waals surface area contributed by atoms with E-state index >= 15 is 0 Å². The smallest absolute Gasteiger partial charge is 0.231 e. The summed E-state index contributed by atoms with van der Waals surface area (Å²) in [6.45, 7) is 8.34. The van der Waals surface area contributed by atoms with Crippen molar-refractivity contribution in [1.82, 2.24) is 5.32 Å². The lowest BCUT2D eigenvalue weighted by Gasteiger charge is -2.22. The molecule has 2 aliphatic rings. The van der Waals surface area contributed by atoms with Crippen LogP contribution < -0.4 is 19.5 Å². The molecular formula is C16H23NO3. The van der Waals surface area contributed by atoms with Crippen molar-refractivity contribution in [1.29, 1.82) is 0 Å². The van der Waals surface area contributed by atoms with Crippen molar-refractivity contribution < 1.29 is 14.2 Å². The van der Waals surface area contributed by atoms with E-state index in [4.69, 9.17) is 14.2 Å². The van der Waals surface area contributed by atoms with Crippen LogP contribution in [0.3, 0.4) is 0 Å². The first-order valence-corrected chi connectivity index (χ1v) is 7.31. The van der Waals surface area contributed by atoms with E-state index in [1.807, 2.05) is 12.1 Å². The molecule has 0 amide bonds. The van der Waals surface area contributed by atoms with Crippen LogP contribution in [0.2, 0.25) is 0 Å².